The van der Waals surface area contributed by atoms with Crippen LogP contribution >= 0.6 is 22.9 Å². The van der Waals surface area contributed by atoms with Gasteiger partial charge in [0.1, 0.15) is 11.1 Å². The Morgan fingerprint density at radius 2 is 2.14 bits per heavy atom. The Morgan fingerprint density at radius 1 is 1.38 bits per heavy atom. The van der Waals surface area contributed by atoms with Crippen LogP contribution in [0, 0.1) is 13.8 Å². The highest BCUT2D eigenvalue weighted by Gasteiger charge is 2.21. The molecule has 0 spiro atoms. The highest BCUT2D eigenvalue weighted by molar-refractivity contribution is 7.20. The van der Waals surface area contributed by atoms with E-state index in [-0.39, 0.29) is 0 Å². The molecule has 0 amide bonds. The Labute approximate surface area is 130 Å². The summed E-state index contributed by atoms with van der Waals surface area (Å²) in [6.45, 7) is 3.59. The first-order valence-electron chi connectivity index (χ1n) is 6.23. The summed E-state index contributed by atoms with van der Waals surface area (Å²) >= 11 is 7.62. The zero-order chi connectivity index (χ0) is 15.1. The van der Waals surface area contributed by atoms with E-state index in [1.807, 2.05) is 19.1 Å². The molecule has 0 fully saturated rings. The number of para-hydroxylation sites is 1. The van der Waals surface area contributed by atoms with Gasteiger partial charge in [-0.05, 0) is 26.0 Å². The summed E-state index contributed by atoms with van der Waals surface area (Å²) in [6.07, 6.45) is 0. The lowest BCUT2D eigenvalue weighted by atomic mass is 10.2. The summed E-state index contributed by atoms with van der Waals surface area (Å²) in [7, 11) is 1.36. The first-order chi connectivity index (χ1) is 10.0. The van der Waals surface area contributed by atoms with E-state index in [2.05, 4.69) is 10.1 Å². The van der Waals surface area contributed by atoms with Crippen LogP contribution < -0.4 is 0 Å². The summed E-state index contributed by atoms with van der Waals surface area (Å²) in [5, 5.41) is 5.67. The number of carbonyl (C=O) groups excluding carboxylic acids is 1. The molecule has 7 heteroatoms. The number of ether oxygens (including phenoxy) is 1. The van der Waals surface area contributed by atoms with Crippen LogP contribution in [-0.2, 0) is 4.74 Å². The predicted molar refractivity (Wildman–Crippen MR) is 82.6 cm³/mol. The lowest BCUT2D eigenvalue weighted by Gasteiger charge is -2.00. The molecule has 2 heterocycles. The van der Waals surface area contributed by atoms with Crippen LogP contribution in [0.3, 0.4) is 0 Å². The largest absolute Gasteiger partial charge is 0.465 e. The average Bonchev–Trinajstić information content (AvgIpc) is 3.00. The summed E-state index contributed by atoms with van der Waals surface area (Å²) in [6, 6.07) is 5.64. The molecular formula is C14H12ClN3O2S. The van der Waals surface area contributed by atoms with Crippen LogP contribution in [0.4, 0.5) is 0 Å². The molecule has 0 bridgehead atoms. The smallest absolute Gasteiger partial charge is 0.341 e. The van der Waals surface area contributed by atoms with E-state index in [4.69, 9.17) is 16.3 Å². The highest BCUT2D eigenvalue weighted by Crippen LogP contribution is 2.31. The number of methoxy groups -OCH3 is 1. The normalized spacial score (nSPS) is 11.0. The number of thiazole rings is 1. The van der Waals surface area contributed by atoms with E-state index in [1.54, 1.807) is 17.7 Å². The highest BCUT2D eigenvalue weighted by atomic mass is 35.5. The summed E-state index contributed by atoms with van der Waals surface area (Å²) in [4.78, 5) is 16.3. The van der Waals surface area contributed by atoms with Crippen molar-refractivity contribution in [3.63, 3.8) is 0 Å². The number of benzene rings is 1. The van der Waals surface area contributed by atoms with Gasteiger partial charge in [0.25, 0.3) is 0 Å². The van der Waals surface area contributed by atoms with Gasteiger partial charge in [0.2, 0.25) is 5.13 Å². The van der Waals surface area contributed by atoms with Gasteiger partial charge in [-0.25, -0.2) is 14.5 Å². The molecule has 3 rings (SSSR count). The van der Waals surface area contributed by atoms with Crippen LogP contribution in [0.25, 0.3) is 15.3 Å². The molecule has 21 heavy (non-hydrogen) atoms. The molecule has 1 aromatic carbocycles. The molecule has 0 atom stereocenters. The molecule has 0 aliphatic heterocycles. The van der Waals surface area contributed by atoms with E-state index in [0.717, 1.165) is 10.2 Å². The third kappa shape index (κ3) is 2.20. The van der Waals surface area contributed by atoms with Crippen molar-refractivity contribution in [3.05, 3.63) is 40.2 Å². The lowest BCUT2D eigenvalue weighted by Crippen LogP contribution is -2.05. The monoisotopic (exact) mass is 321 g/mol. The molecule has 0 saturated carbocycles. The molecule has 108 valence electrons. The quantitative estimate of drug-likeness (QED) is 0.677. The van der Waals surface area contributed by atoms with E-state index in [9.17, 15) is 4.79 Å². The first-order valence-corrected chi connectivity index (χ1v) is 7.42. The maximum atomic E-state index is 11.8. The number of hydrogen-bond acceptors (Lipinski definition) is 5. The molecule has 0 N–H and O–H groups in total. The summed E-state index contributed by atoms with van der Waals surface area (Å²) in [5.41, 5.74) is 2.54. The maximum Gasteiger partial charge on any atom is 0.341 e. The van der Waals surface area contributed by atoms with Gasteiger partial charge in [-0.1, -0.05) is 29.0 Å². The van der Waals surface area contributed by atoms with Crippen LogP contribution in [0.5, 0.6) is 0 Å². The van der Waals surface area contributed by atoms with Gasteiger partial charge in [-0.3, -0.25) is 0 Å². The van der Waals surface area contributed by atoms with Gasteiger partial charge in [0.05, 0.1) is 28.2 Å². The van der Waals surface area contributed by atoms with Crippen molar-refractivity contribution in [3.8, 4) is 5.13 Å². The number of nitrogens with zero attached hydrogens (tertiary/aromatic N) is 3. The van der Waals surface area contributed by atoms with Gasteiger partial charge < -0.3 is 4.74 Å². The van der Waals surface area contributed by atoms with Crippen LogP contribution in [0.1, 0.15) is 21.7 Å². The Morgan fingerprint density at radius 3 is 2.81 bits per heavy atom. The summed E-state index contributed by atoms with van der Waals surface area (Å²) in [5.74, 6) is -0.393. The van der Waals surface area contributed by atoms with E-state index in [1.165, 1.54) is 18.4 Å². The number of esters is 1. The minimum atomic E-state index is -0.393. The zero-order valence-corrected chi connectivity index (χ0v) is 13.2. The van der Waals surface area contributed by atoms with Crippen molar-refractivity contribution in [1.29, 1.82) is 0 Å². The molecule has 0 aliphatic carbocycles. The number of aromatic nitrogens is 3. The Balaban J connectivity index is 2.19. The number of rotatable bonds is 2. The van der Waals surface area contributed by atoms with Gasteiger partial charge in [0.15, 0.2) is 0 Å². The average molecular weight is 322 g/mol. The SMILES string of the molecule is COC(=O)c1c(C)nn(-c2nc3c(Cl)cccc3s2)c1C. The van der Waals surface area contributed by atoms with Gasteiger partial charge in [-0.2, -0.15) is 5.10 Å². The Kier molecular flexibility index (Phi) is 3.43. The Bertz CT molecular complexity index is 853. The molecule has 5 nitrogen and oxygen atoms in total. The second kappa shape index (κ2) is 5.13. The fraction of sp³-hybridized carbons (Fsp3) is 0.214. The Hall–Kier alpha value is -1.92. The third-order valence-electron chi connectivity index (χ3n) is 3.22. The second-order valence-electron chi connectivity index (χ2n) is 4.53. The van der Waals surface area contributed by atoms with Crippen LogP contribution in [-0.4, -0.2) is 27.8 Å². The molecule has 0 aliphatic rings. The lowest BCUT2D eigenvalue weighted by molar-refractivity contribution is 0.0599. The van der Waals surface area contributed by atoms with Crippen molar-refractivity contribution < 1.29 is 9.53 Å². The number of fused-ring (bicyclic) bond motifs is 1. The fourth-order valence-electron chi connectivity index (χ4n) is 2.22. The predicted octanol–water partition coefficient (Wildman–Crippen LogP) is 3.54. The fourth-order valence-corrected chi connectivity index (χ4v) is 3.49. The number of aryl methyl sites for hydroxylation is 1. The minimum absolute atomic E-state index is 0.393. The van der Waals surface area contributed by atoms with E-state index < -0.39 is 5.97 Å². The van der Waals surface area contributed by atoms with E-state index >= 15 is 0 Å². The van der Waals surface area contributed by atoms with Crippen molar-refractivity contribution in [2.45, 2.75) is 13.8 Å². The molecule has 0 radical (unpaired) electrons. The van der Waals surface area contributed by atoms with Crippen molar-refractivity contribution in [1.82, 2.24) is 14.8 Å². The second-order valence-corrected chi connectivity index (χ2v) is 5.95. The standard InChI is InChI=1S/C14H12ClN3O2S/c1-7-11(13(19)20-3)8(2)18(17-7)14-16-12-9(15)5-4-6-10(12)21-14/h4-6H,1-3H3. The van der Waals surface area contributed by atoms with E-state index in [0.29, 0.717) is 27.1 Å². The van der Waals surface area contributed by atoms with Crippen LogP contribution in [0.15, 0.2) is 18.2 Å². The summed E-state index contributed by atoms with van der Waals surface area (Å²) < 4.78 is 7.43. The van der Waals surface area contributed by atoms with Crippen molar-refractivity contribution >= 4 is 39.1 Å². The number of carbonyl (C=O) groups is 1. The first kappa shape index (κ1) is 14.0. The third-order valence-corrected chi connectivity index (χ3v) is 4.52. The van der Waals surface area contributed by atoms with Crippen LogP contribution in [0.2, 0.25) is 5.02 Å². The van der Waals surface area contributed by atoms with Crippen molar-refractivity contribution in [2.75, 3.05) is 7.11 Å². The van der Waals surface area contributed by atoms with Gasteiger partial charge in [0, 0.05) is 0 Å². The number of halogens is 1. The van der Waals surface area contributed by atoms with Gasteiger partial charge >= 0.3 is 5.97 Å². The minimum Gasteiger partial charge on any atom is -0.465 e. The molecule has 2 aromatic heterocycles. The molecular weight excluding hydrogens is 310 g/mol. The topological polar surface area (TPSA) is 57.0 Å². The van der Waals surface area contributed by atoms with Gasteiger partial charge in [-0.15, -0.1) is 0 Å². The molecule has 0 saturated heterocycles. The number of hydrogen-bond donors (Lipinski definition) is 0. The van der Waals surface area contributed by atoms with Crippen molar-refractivity contribution in [2.24, 2.45) is 0 Å². The molecule has 3 aromatic rings. The zero-order valence-electron chi connectivity index (χ0n) is 11.7. The maximum absolute atomic E-state index is 11.8. The molecule has 0 unspecified atom stereocenters.